The highest BCUT2D eigenvalue weighted by Crippen LogP contribution is 2.59. The summed E-state index contributed by atoms with van der Waals surface area (Å²) >= 11 is 0. The number of ether oxygens (including phenoxy) is 1. The summed E-state index contributed by atoms with van der Waals surface area (Å²) in [6.45, 7) is 4.47. The zero-order valence-corrected chi connectivity index (χ0v) is 19.2. The molecule has 0 amide bonds. The molecule has 1 N–H and O–H groups in total. The highest BCUT2D eigenvalue weighted by molar-refractivity contribution is 7.92. The molecule has 8 nitrogen and oxygen atoms in total. The molecule has 2 aromatic heterocycles. The van der Waals surface area contributed by atoms with Crippen molar-refractivity contribution in [1.29, 1.82) is 0 Å². The van der Waals surface area contributed by atoms with Crippen LogP contribution in [0.15, 0.2) is 75.1 Å². The second kappa shape index (κ2) is 7.48. The van der Waals surface area contributed by atoms with Gasteiger partial charge in [-0.05, 0) is 59.7 Å². The van der Waals surface area contributed by atoms with E-state index in [0.29, 0.717) is 28.3 Å². The molecule has 0 spiro atoms. The van der Waals surface area contributed by atoms with E-state index in [1.165, 1.54) is 40.7 Å². The maximum atomic E-state index is 12.9. The van der Waals surface area contributed by atoms with Crippen LogP contribution in [0.2, 0.25) is 0 Å². The highest BCUT2D eigenvalue weighted by atomic mass is 32.2. The number of sulfonamides is 1. The van der Waals surface area contributed by atoms with Crippen LogP contribution in [0.3, 0.4) is 0 Å². The number of nitrogens with one attached hydrogen (secondary N) is 1. The van der Waals surface area contributed by atoms with Gasteiger partial charge in [0, 0.05) is 17.5 Å². The molecule has 1 fully saturated rings. The average molecular weight is 466 g/mol. The Morgan fingerprint density at radius 1 is 1.12 bits per heavy atom. The first-order chi connectivity index (χ1) is 15.7. The Hall–Kier alpha value is -3.59. The Morgan fingerprint density at radius 3 is 2.58 bits per heavy atom. The quantitative estimate of drug-likeness (QED) is 0.455. The van der Waals surface area contributed by atoms with Gasteiger partial charge >= 0.3 is 0 Å². The molecule has 0 bridgehead atoms. The number of anilines is 1. The third-order valence-corrected chi connectivity index (χ3v) is 7.57. The lowest BCUT2D eigenvalue weighted by atomic mass is 10.0. The van der Waals surface area contributed by atoms with E-state index >= 15 is 0 Å². The van der Waals surface area contributed by atoms with Gasteiger partial charge in [-0.25, -0.2) is 8.42 Å². The van der Waals surface area contributed by atoms with Crippen LogP contribution >= 0.6 is 0 Å². The average Bonchev–Trinajstić information content (AvgIpc) is 3.15. The lowest BCUT2D eigenvalue weighted by Gasteiger charge is -2.16. The normalized spacial score (nSPS) is 17.1. The summed E-state index contributed by atoms with van der Waals surface area (Å²) in [5, 5.41) is 4.17. The Morgan fingerprint density at radius 2 is 1.91 bits per heavy atom. The highest BCUT2D eigenvalue weighted by Gasteiger charge is 2.46. The van der Waals surface area contributed by atoms with Crippen molar-refractivity contribution in [3.05, 3.63) is 76.8 Å². The van der Waals surface area contributed by atoms with Crippen molar-refractivity contribution in [1.82, 2.24) is 9.72 Å². The Labute approximate surface area is 190 Å². The molecular formula is C24H23N3O5S. The summed E-state index contributed by atoms with van der Waals surface area (Å²) in [5.41, 5.74) is 2.38. The minimum absolute atomic E-state index is 0.0430. The Kier molecular flexibility index (Phi) is 4.82. The van der Waals surface area contributed by atoms with Gasteiger partial charge in [-0.1, -0.05) is 25.1 Å². The first-order valence-electron chi connectivity index (χ1n) is 10.5. The lowest BCUT2D eigenvalue weighted by Crippen LogP contribution is -2.19. The fraction of sp³-hybridized carbons (Fsp3) is 0.250. The van der Waals surface area contributed by atoms with Gasteiger partial charge in [0.25, 0.3) is 15.6 Å². The Balaban J connectivity index is 1.60. The number of fused-ring (bicyclic) bond motifs is 1. The molecule has 33 heavy (non-hydrogen) atoms. The molecule has 1 aliphatic rings. The number of rotatable bonds is 6. The first kappa shape index (κ1) is 21.3. The van der Waals surface area contributed by atoms with Crippen molar-refractivity contribution < 1.29 is 17.7 Å². The van der Waals surface area contributed by atoms with Crippen LogP contribution in [0.4, 0.5) is 5.82 Å². The fourth-order valence-electron chi connectivity index (χ4n) is 4.23. The molecule has 1 aliphatic carbocycles. The fourth-order valence-corrected chi connectivity index (χ4v) is 5.26. The maximum absolute atomic E-state index is 12.9. The standard InChI is InChI=1S/C24H23N3O5S/c1-24(2)14-18(24)15-4-7-20(21(13-15)31-3)27-19-8-6-17(12-16(19)5-9-23(27)28)33(29,30)26-22-10-11-32-25-22/h4-13,18H,14H2,1-3H3,(H,25,26). The molecule has 2 heterocycles. The summed E-state index contributed by atoms with van der Waals surface area (Å²) in [6.07, 6.45) is 2.39. The number of aromatic nitrogens is 2. The molecule has 9 heteroatoms. The van der Waals surface area contributed by atoms with Gasteiger partial charge in [-0.15, -0.1) is 0 Å². The van der Waals surface area contributed by atoms with E-state index in [-0.39, 0.29) is 21.7 Å². The monoisotopic (exact) mass is 465 g/mol. The van der Waals surface area contributed by atoms with Crippen molar-refractivity contribution in [3.63, 3.8) is 0 Å². The zero-order valence-electron chi connectivity index (χ0n) is 18.4. The minimum Gasteiger partial charge on any atom is -0.495 e. The number of hydrogen-bond donors (Lipinski definition) is 1. The van der Waals surface area contributed by atoms with Crippen molar-refractivity contribution in [2.24, 2.45) is 5.41 Å². The maximum Gasteiger partial charge on any atom is 0.263 e. The molecule has 1 saturated carbocycles. The molecule has 5 rings (SSSR count). The largest absolute Gasteiger partial charge is 0.495 e. The van der Waals surface area contributed by atoms with Gasteiger partial charge in [0.05, 0.1) is 23.2 Å². The van der Waals surface area contributed by atoms with E-state index < -0.39 is 10.0 Å². The molecule has 4 aromatic rings. The second-order valence-corrected chi connectivity index (χ2v) is 10.6. The van der Waals surface area contributed by atoms with Gasteiger partial charge in [0.15, 0.2) is 5.82 Å². The summed E-state index contributed by atoms with van der Waals surface area (Å²) in [4.78, 5) is 12.9. The van der Waals surface area contributed by atoms with Crippen LogP contribution in [0, 0.1) is 5.41 Å². The molecule has 2 aromatic carbocycles. The third kappa shape index (κ3) is 3.78. The molecule has 1 atom stereocenters. The number of hydrogen-bond acceptors (Lipinski definition) is 6. The van der Waals surface area contributed by atoms with Crippen molar-refractivity contribution >= 4 is 26.7 Å². The van der Waals surface area contributed by atoms with Crippen LogP contribution in [-0.4, -0.2) is 25.3 Å². The summed E-state index contributed by atoms with van der Waals surface area (Å²) in [5.74, 6) is 1.15. The number of pyridine rings is 1. The van der Waals surface area contributed by atoms with E-state index in [0.717, 1.165) is 6.42 Å². The first-order valence-corrected chi connectivity index (χ1v) is 12.0. The molecular weight excluding hydrogens is 442 g/mol. The van der Waals surface area contributed by atoms with Crippen LogP contribution in [0.1, 0.15) is 31.7 Å². The molecule has 0 saturated heterocycles. The molecule has 170 valence electrons. The minimum atomic E-state index is -3.88. The summed E-state index contributed by atoms with van der Waals surface area (Å²) in [6, 6.07) is 14.9. The van der Waals surface area contributed by atoms with E-state index in [2.05, 4.69) is 28.2 Å². The zero-order chi connectivity index (χ0) is 23.4. The van der Waals surface area contributed by atoms with Gasteiger partial charge in [0.2, 0.25) is 0 Å². The van der Waals surface area contributed by atoms with Crippen molar-refractivity contribution in [3.8, 4) is 11.4 Å². The van der Waals surface area contributed by atoms with Crippen LogP contribution in [0.5, 0.6) is 5.75 Å². The topological polar surface area (TPSA) is 103 Å². The van der Waals surface area contributed by atoms with Crippen LogP contribution in [0.25, 0.3) is 16.6 Å². The van der Waals surface area contributed by atoms with Crippen molar-refractivity contribution in [2.75, 3.05) is 11.8 Å². The summed E-state index contributed by atoms with van der Waals surface area (Å²) < 4.78 is 39.7. The van der Waals surface area contributed by atoms with Gasteiger partial charge in [-0.3, -0.25) is 14.1 Å². The molecule has 1 unspecified atom stereocenters. The molecule has 0 radical (unpaired) electrons. The van der Waals surface area contributed by atoms with Gasteiger partial charge in [0.1, 0.15) is 12.0 Å². The number of benzene rings is 2. The van der Waals surface area contributed by atoms with Gasteiger partial charge in [-0.2, -0.15) is 0 Å². The van der Waals surface area contributed by atoms with Crippen LogP contribution in [-0.2, 0) is 10.0 Å². The molecule has 0 aliphatic heterocycles. The number of methoxy groups -OCH3 is 1. The summed E-state index contributed by atoms with van der Waals surface area (Å²) in [7, 11) is -2.30. The van der Waals surface area contributed by atoms with Crippen molar-refractivity contribution in [2.45, 2.75) is 31.1 Å². The second-order valence-electron chi connectivity index (χ2n) is 8.89. The predicted octanol–water partition coefficient (Wildman–Crippen LogP) is 4.30. The number of nitrogens with zero attached hydrogens (tertiary/aromatic N) is 2. The van der Waals surface area contributed by atoms with E-state index in [4.69, 9.17) is 4.74 Å². The SMILES string of the molecule is COc1cc(C2CC2(C)C)ccc1-n1c(=O)ccc2cc(S(=O)(=O)Nc3ccon3)ccc21. The van der Waals surface area contributed by atoms with E-state index in [1.54, 1.807) is 19.2 Å². The Bertz CT molecular complexity index is 1520. The third-order valence-electron chi connectivity index (χ3n) is 6.21. The lowest BCUT2D eigenvalue weighted by molar-refractivity contribution is 0.412. The smallest absolute Gasteiger partial charge is 0.263 e. The predicted molar refractivity (Wildman–Crippen MR) is 125 cm³/mol. The van der Waals surface area contributed by atoms with Crippen LogP contribution < -0.4 is 15.0 Å². The van der Waals surface area contributed by atoms with Gasteiger partial charge < -0.3 is 9.26 Å². The van der Waals surface area contributed by atoms with E-state index in [1.807, 2.05) is 18.2 Å². The van der Waals surface area contributed by atoms with E-state index in [9.17, 15) is 13.2 Å².